The minimum atomic E-state index is 0.307. The Kier molecular flexibility index (Phi) is 2.99. The number of rotatable bonds is 3. The van der Waals surface area contributed by atoms with Crippen LogP contribution in [-0.2, 0) is 17.8 Å². The molecule has 0 unspecified atom stereocenters. The number of benzene rings is 1. The van der Waals surface area contributed by atoms with Crippen molar-refractivity contribution in [2.24, 2.45) is 5.73 Å². The van der Waals surface area contributed by atoms with E-state index in [-0.39, 0.29) is 0 Å². The quantitative estimate of drug-likeness (QED) is 0.899. The van der Waals surface area contributed by atoms with Crippen LogP contribution in [0, 0.1) is 0 Å². The van der Waals surface area contributed by atoms with E-state index in [9.17, 15) is 0 Å². The second kappa shape index (κ2) is 4.48. The summed E-state index contributed by atoms with van der Waals surface area (Å²) in [6, 6.07) is 4.23. The Morgan fingerprint density at radius 1 is 1.41 bits per heavy atom. The molecule has 1 aliphatic heterocycles. The molecule has 17 heavy (non-hydrogen) atoms. The molecule has 2 aliphatic rings. The number of nitrogens with two attached hydrogens (primary N) is 1. The van der Waals surface area contributed by atoms with Gasteiger partial charge in [-0.2, -0.15) is 0 Å². The van der Waals surface area contributed by atoms with Crippen LogP contribution >= 0.6 is 11.6 Å². The lowest BCUT2D eigenvalue weighted by Crippen LogP contribution is -2.41. The van der Waals surface area contributed by atoms with Crippen molar-refractivity contribution >= 4 is 11.6 Å². The Morgan fingerprint density at radius 2 is 2.24 bits per heavy atom. The summed E-state index contributed by atoms with van der Waals surface area (Å²) in [4.78, 5) is 0. The Balaban J connectivity index is 1.70. The number of hydrogen-bond acceptors (Lipinski definition) is 3. The molecule has 2 N–H and O–H groups in total. The van der Waals surface area contributed by atoms with Crippen LogP contribution in [0.4, 0.5) is 0 Å². The van der Waals surface area contributed by atoms with Crippen molar-refractivity contribution in [3.05, 3.63) is 28.3 Å². The topological polar surface area (TPSA) is 44.5 Å². The number of fused-ring (bicyclic) bond motifs is 1. The fourth-order valence-corrected chi connectivity index (χ4v) is 2.67. The van der Waals surface area contributed by atoms with E-state index in [4.69, 9.17) is 26.8 Å². The molecule has 1 aliphatic carbocycles. The van der Waals surface area contributed by atoms with Gasteiger partial charge in [-0.25, -0.2) is 0 Å². The number of hydrogen-bond donors (Lipinski definition) is 1. The van der Waals surface area contributed by atoms with Crippen LogP contribution in [0.2, 0.25) is 5.02 Å². The van der Waals surface area contributed by atoms with Crippen LogP contribution in [0.3, 0.4) is 0 Å². The number of halogens is 1. The molecule has 3 nitrogen and oxygen atoms in total. The second-order valence-corrected chi connectivity index (χ2v) is 5.25. The first kappa shape index (κ1) is 11.3. The third-order valence-electron chi connectivity index (χ3n) is 3.43. The van der Waals surface area contributed by atoms with Crippen LogP contribution in [-0.4, -0.2) is 18.8 Å². The molecule has 1 aromatic carbocycles. The first-order valence-corrected chi connectivity index (χ1v) is 6.41. The molecule has 0 radical (unpaired) electrons. The predicted molar refractivity (Wildman–Crippen MR) is 66.4 cm³/mol. The summed E-state index contributed by atoms with van der Waals surface area (Å²) in [5, 5.41) is 0.762. The van der Waals surface area contributed by atoms with Crippen molar-refractivity contribution in [1.29, 1.82) is 0 Å². The normalized spacial score (nSPS) is 26.2. The van der Waals surface area contributed by atoms with Gasteiger partial charge in [0, 0.05) is 23.0 Å². The van der Waals surface area contributed by atoms with Gasteiger partial charge < -0.3 is 15.2 Å². The monoisotopic (exact) mass is 253 g/mol. The van der Waals surface area contributed by atoms with Crippen LogP contribution in [0.15, 0.2) is 12.1 Å². The highest BCUT2D eigenvalue weighted by Gasteiger charge is 2.27. The van der Waals surface area contributed by atoms with Crippen molar-refractivity contribution < 1.29 is 9.47 Å². The maximum atomic E-state index is 6.08. The maximum absolute atomic E-state index is 6.08. The third kappa shape index (κ3) is 2.28. The van der Waals surface area contributed by atoms with Gasteiger partial charge in [0.15, 0.2) is 0 Å². The SMILES string of the molecule is NC1CC(OCc2cc(Cl)cc3c2OCC3)C1. The maximum Gasteiger partial charge on any atom is 0.128 e. The largest absolute Gasteiger partial charge is 0.493 e. The third-order valence-corrected chi connectivity index (χ3v) is 3.65. The molecule has 0 bridgehead atoms. The van der Waals surface area contributed by atoms with Crippen molar-refractivity contribution in [3.63, 3.8) is 0 Å². The second-order valence-electron chi connectivity index (χ2n) is 4.82. The minimum absolute atomic E-state index is 0.307. The van der Waals surface area contributed by atoms with Gasteiger partial charge in [-0.1, -0.05) is 11.6 Å². The first-order valence-electron chi connectivity index (χ1n) is 6.03. The Hall–Kier alpha value is -0.770. The van der Waals surface area contributed by atoms with E-state index in [2.05, 4.69) is 0 Å². The predicted octanol–water partition coefficient (Wildman–Crippen LogP) is 2.28. The minimum Gasteiger partial charge on any atom is -0.493 e. The summed E-state index contributed by atoms with van der Waals surface area (Å²) in [5.74, 6) is 0.970. The lowest BCUT2D eigenvalue weighted by atomic mass is 9.90. The van der Waals surface area contributed by atoms with E-state index in [1.54, 1.807) is 0 Å². The molecular formula is C13H16ClNO2. The van der Waals surface area contributed by atoms with Gasteiger partial charge in [0.1, 0.15) is 5.75 Å². The summed E-state index contributed by atoms with van der Waals surface area (Å²) in [5.41, 5.74) is 7.98. The zero-order chi connectivity index (χ0) is 11.8. The summed E-state index contributed by atoms with van der Waals surface area (Å²) < 4.78 is 11.4. The van der Waals surface area contributed by atoms with Crippen LogP contribution in [0.25, 0.3) is 0 Å². The zero-order valence-corrected chi connectivity index (χ0v) is 10.4. The highest BCUT2D eigenvalue weighted by atomic mass is 35.5. The Bertz CT molecular complexity index is 430. The van der Waals surface area contributed by atoms with E-state index < -0.39 is 0 Å². The van der Waals surface area contributed by atoms with Gasteiger partial charge in [0.2, 0.25) is 0 Å². The van der Waals surface area contributed by atoms with Crippen molar-refractivity contribution in [2.45, 2.75) is 38.0 Å². The fourth-order valence-electron chi connectivity index (χ4n) is 2.40. The summed E-state index contributed by atoms with van der Waals surface area (Å²) in [6.45, 7) is 1.32. The van der Waals surface area contributed by atoms with Crippen molar-refractivity contribution in [3.8, 4) is 5.75 Å². The van der Waals surface area contributed by atoms with Crippen LogP contribution < -0.4 is 10.5 Å². The van der Waals surface area contributed by atoms with Gasteiger partial charge in [-0.15, -0.1) is 0 Å². The molecule has 1 aromatic rings. The van der Waals surface area contributed by atoms with Crippen LogP contribution in [0.1, 0.15) is 24.0 Å². The molecule has 4 heteroatoms. The average Bonchev–Trinajstić information content (AvgIpc) is 2.70. The molecule has 0 atom stereocenters. The first-order chi connectivity index (χ1) is 8.22. The van der Waals surface area contributed by atoms with E-state index in [1.165, 1.54) is 5.56 Å². The van der Waals surface area contributed by atoms with E-state index in [0.29, 0.717) is 18.8 Å². The Morgan fingerprint density at radius 3 is 3.00 bits per heavy atom. The van der Waals surface area contributed by atoms with Gasteiger partial charge in [0.25, 0.3) is 0 Å². The fraction of sp³-hybridized carbons (Fsp3) is 0.538. The standard InChI is InChI=1S/C13H16ClNO2/c14-10-3-8-1-2-16-13(8)9(4-10)7-17-12-5-11(15)6-12/h3-4,11-12H,1-2,5-7,15H2. The van der Waals surface area contributed by atoms with Crippen LogP contribution in [0.5, 0.6) is 5.75 Å². The van der Waals surface area contributed by atoms with E-state index >= 15 is 0 Å². The van der Waals surface area contributed by atoms with Gasteiger partial charge in [-0.3, -0.25) is 0 Å². The van der Waals surface area contributed by atoms with Gasteiger partial charge in [-0.05, 0) is 30.5 Å². The van der Waals surface area contributed by atoms with Gasteiger partial charge >= 0.3 is 0 Å². The lowest BCUT2D eigenvalue weighted by molar-refractivity contribution is -0.0194. The molecule has 0 spiro atoms. The smallest absolute Gasteiger partial charge is 0.128 e. The van der Waals surface area contributed by atoms with Crippen molar-refractivity contribution in [1.82, 2.24) is 0 Å². The molecule has 1 saturated carbocycles. The number of ether oxygens (including phenoxy) is 2. The molecule has 0 saturated heterocycles. The van der Waals surface area contributed by atoms with Crippen molar-refractivity contribution in [2.75, 3.05) is 6.61 Å². The summed E-state index contributed by atoms with van der Waals surface area (Å²) >= 11 is 6.08. The summed E-state index contributed by atoms with van der Waals surface area (Å²) in [6.07, 6.45) is 3.17. The summed E-state index contributed by atoms with van der Waals surface area (Å²) in [7, 11) is 0. The highest BCUT2D eigenvalue weighted by molar-refractivity contribution is 6.30. The molecule has 0 amide bonds. The van der Waals surface area contributed by atoms with E-state index in [1.807, 2.05) is 12.1 Å². The molecule has 1 heterocycles. The molecular weight excluding hydrogens is 238 g/mol. The average molecular weight is 254 g/mol. The van der Waals surface area contributed by atoms with E-state index in [0.717, 1.165) is 42.2 Å². The molecule has 0 aromatic heterocycles. The Labute approximate surface area is 106 Å². The lowest BCUT2D eigenvalue weighted by Gasteiger charge is -2.32. The molecule has 1 fully saturated rings. The highest BCUT2D eigenvalue weighted by Crippen LogP contribution is 2.34. The molecule has 3 rings (SSSR count). The molecule has 92 valence electrons. The zero-order valence-electron chi connectivity index (χ0n) is 9.62. The van der Waals surface area contributed by atoms with Gasteiger partial charge in [0.05, 0.1) is 19.3 Å².